The standard InChI is InChI=1S/C15H22N2OS/c1-11-6-8-19-14(11)15(18)17(9-12-4-5-12)10-13-3-2-7-16-13/h6,8,12-13,16H,2-5,7,9-10H2,1H3. The molecule has 1 atom stereocenters. The molecule has 1 saturated carbocycles. The average Bonchev–Trinajstić information content (AvgIpc) is 2.88. The third-order valence-electron chi connectivity index (χ3n) is 4.12. The third-order valence-corrected chi connectivity index (χ3v) is 5.13. The summed E-state index contributed by atoms with van der Waals surface area (Å²) in [5.74, 6) is 0.999. The van der Waals surface area contributed by atoms with Crippen LogP contribution in [0.1, 0.15) is 40.9 Å². The SMILES string of the molecule is Cc1ccsc1C(=O)N(CC1CC1)CC1CCCN1. The molecule has 4 heteroatoms. The molecule has 3 rings (SSSR count). The zero-order valence-corrected chi connectivity index (χ0v) is 12.3. The van der Waals surface area contributed by atoms with E-state index in [4.69, 9.17) is 0 Å². The first kappa shape index (κ1) is 13.1. The van der Waals surface area contributed by atoms with Crippen molar-refractivity contribution in [3.05, 3.63) is 21.9 Å². The van der Waals surface area contributed by atoms with Gasteiger partial charge in [-0.25, -0.2) is 0 Å². The smallest absolute Gasteiger partial charge is 0.264 e. The van der Waals surface area contributed by atoms with Crippen molar-refractivity contribution in [1.82, 2.24) is 10.2 Å². The van der Waals surface area contributed by atoms with Crippen molar-refractivity contribution < 1.29 is 4.79 Å². The summed E-state index contributed by atoms with van der Waals surface area (Å²) in [7, 11) is 0. The lowest BCUT2D eigenvalue weighted by atomic mass is 10.2. The van der Waals surface area contributed by atoms with Gasteiger partial charge in [0.05, 0.1) is 4.88 Å². The van der Waals surface area contributed by atoms with Crippen molar-refractivity contribution in [2.75, 3.05) is 19.6 Å². The van der Waals surface area contributed by atoms with Crippen LogP contribution in [-0.2, 0) is 0 Å². The molecule has 3 nitrogen and oxygen atoms in total. The van der Waals surface area contributed by atoms with Crippen LogP contribution < -0.4 is 5.32 Å². The highest BCUT2D eigenvalue weighted by Crippen LogP contribution is 2.31. The largest absolute Gasteiger partial charge is 0.336 e. The molecule has 1 aromatic heterocycles. The minimum absolute atomic E-state index is 0.244. The lowest BCUT2D eigenvalue weighted by Crippen LogP contribution is -2.42. The van der Waals surface area contributed by atoms with Crippen LogP contribution >= 0.6 is 11.3 Å². The molecular formula is C15H22N2OS. The fourth-order valence-electron chi connectivity index (χ4n) is 2.77. The molecule has 0 spiro atoms. The van der Waals surface area contributed by atoms with E-state index in [1.54, 1.807) is 11.3 Å². The van der Waals surface area contributed by atoms with Crippen molar-refractivity contribution in [3.8, 4) is 0 Å². The number of rotatable bonds is 5. The molecule has 0 aromatic carbocycles. The molecule has 2 aliphatic rings. The lowest BCUT2D eigenvalue weighted by Gasteiger charge is -2.26. The van der Waals surface area contributed by atoms with Crippen molar-refractivity contribution in [1.29, 1.82) is 0 Å². The van der Waals surface area contributed by atoms with Gasteiger partial charge in [-0.05, 0) is 62.1 Å². The Hall–Kier alpha value is -0.870. The van der Waals surface area contributed by atoms with Gasteiger partial charge < -0.3 is 10.2 Å². The maximum absolute atomic E-state index is 12.7. The first-order valence-corrected chi connectivity index (χ1v) is 8.19. The zero-order valence-electron chi connectivity index (χ0n) is 11.5. The molecule has 19 heavy (non-hydrogen) atoms. The van der Waals surface area contributed by atoms with Gasteiger partial charge in [0.15, 0.2) is 0 Å². The molecule has 1 unspecified atom stereocenters. The molecule has 0 radical (unpaired) electrons. The normalized spacial score (nSPS) is 22.7. The number of nitrogens with one attached hydrogen (secondary N) is 1. The summed E-state index contributed by atoms with van der Waals surface area (Å²) in [5.41, 5.74) is 1.12. The number of carbonyl (C=O) groups excluding carboxylic acids is 1. The van der Waals surface area contributed by atoms with E-state index in [9.17, 15) is 4.79 Å². The molecule has 1 saturated heterocycles. The highest BCUT2D eigenvalue weighted by atomic mass is 32.1. The monoisotopic (exact) mass is 278 g/mol. The van der Waals surface area contributed by atoms with Crippen molar-refractivity contribution in [2.24, 2.45) is 5.92 Å². The van der Waals surface area contributed by atoms with Crippen molar-refractivity contribution >= 4 is 17.2 Å². The fraction of sp³-hybridized carbons (Fsp3) is 0.667. The predicted molar refractivity (Wildman–Crippen MR) is 78.7 cm³/mol. The van der Waals surface area contributed by atoms with Crippen LogP contribution in [0.5, 0.6) is 0 Å². The molecule has 1 aromatic rings. The second-order valence-corrected chi connectivity index (χ2v) is 6.80. The Bertz CT molecular complexity index is 447. The van der Waals surface area contributed by atoms with E-state index in [1.165, 1.54) is 25.7 Å². The highest BCUT2D eigenvalue weighted by molar-refractivity contribution is 7.12. The molecule has 1 aliphatic heterocycles. The fourth-order valence-corrected chi connectivity index (χ4v) is 3.66. The Morgan fingerprint density at radius 1 is 1.42 bits per heavy atom. The molecule has 0 bridgehead atoms. The molecule has 1 N–H and O–H groups in total. The molecule has 2 heterocycles. The number of aryl methyl sites for hydroxylation is 1. The van der Waals surface area contributed by atoms with Gasteiger partial charge in [-0.3, -0.25) is 4.79 Å². The van der Waals surface area contributed by atoms with E-state index in [2.05, 4.69) is 10.2 Å². The van der Waals surface area contributed by atoms with Crippen molar-refractivity contribution in [2.45, 2.75) is 38.6 Å². The lowest BCUT2D eigenvalue weighted by molar-refractivity contribution is 0.0738. The van der Waals surface area contributed by atoms with Gasteiger partial charge in [0.2, 0.25) is 0 Å². The minimum atomic E-state index is 0.244. The van der Waals surface area contributed by atoms with E-state index in [0.717, 1.165) is 36.0 Å². The van der Waals surface area contributed by atoms with E-state index in [0.29, 0.717) is 6.04 Å². The van der Waals surface area contributed by atoms with E-state index in [1.807, 2.05) is 18.4 Å². The van der Waals surface area contributed by atoms with Crippen molar-refractivity contribution in [3.63, 3.8) is 0 Å². The first-order valence-electron chi connectivity index (χ1n) is 7.31. The Labute approximate surface area is 119 Å². The summed E-state index contributed by atoms with van der Waals surface area (Å²) in [4.78, 5) is 15.7. The topological polar surface area (TPSA) is 32.3 Å². The van der Waals surface area contributed by atoms with Crippen LogP contribution in [0.2, 0.25) is 0 Å². The number of carbonyl (C=O) groups is 1. The predicted octanol–water partition coefficient (Wildman–Crippen LogP) is 2.66. The number of hydrogen-bond donors (Lipinski definition) is 1. The van der Waals surface area contributed by atoms with Gasteiger partial charge in [-0.1, -0.05) is 0 Å². The molecule has 104 valence electrons. The summed E-state index contributed by atoms with van der Waals surface area (Å²) in [6.45, 7) is 4.97. The Balaban J connectivity index is 1.69. The van der Waals surface area contributed by atoms with Crippen LogP contribution in [0.3, 0.4) is 0 Å². The van der Waals surface area contributed by atoms with Gasteiger partial charge in [-0.15, -0.1) is 11.3 Å². The summed E-state index contributed by atoms with van der Waals surface area (Å²) in [5, 5.41) is 5.52. The number of thiophene rings is 1. The Kier molecular flexibility index (Phi) is 3.89. The minimum Gasteiger partial charge on any atom is -0.336 e. The quantitative estimate of drug-likeness (QED) is 0.898. The molecule has 2 fully saturated rings. The second-order valence-electron chi connectivity index (χ2n) is 5.88. The summed E-state index contributed by atoms with van der Waals surface area (Å²) < 4.78 is 0. The molecule has 1 amide bonds. The summed E-state index contributed by atoms with van der Waals surface area (Å²) >= 11 is 1.58. The molecule has 1 aliphatic carbocycles. The number of amides is 1. The van der Waals surface area contributed by atoms with Crippen LogP contribution in [0.25, 0.3) is 0 Å². The van der Waals surface area contributed by atoms with Gasteiger partial charge in [0.1, 0.15) is 0 Å². The maximum atomic E-state index is 12.7. The van der Waals surface area contributed by atoms with E-state index in [-0.39, 0.29) is 5.91 Å². The maximum Gasteiger partial charge on any atom is 0.264 e. The van der Waals surface area contributed by atoms with Gasteiger partial charge in [-0.2, -0.15) is 0 Å². The van der Waals surface area contributed by atoms with E-state index < -0.39 is 0 Å². The summed E-state index contributed by atoms with van der Waals surface area (Å²) in [6, 6.07) is 2.55. The van der Waals surface area contributed by atoms with Gasteiger partial charge in [0.25, 0.3) is 5.91 Å². The second kappa shape index (κ2) is 5.63. The molecular weight excluding hydrogens is 256 g/mol. The van der Waals surface area contributed by atoms with Crippen LogP contribution in [-0.4, -0.2) is 36.5 Å². The number of nitrogens with zero attached hydrogens (tertiary/aromatic N) is 1. The van der Waals surface area contributed by atoms with Crippen LogP contribution in [0.4, 0.5) is 0 Å². The number of hydrogen-bond acceptors (Lipinski definition) is 3. The average molecular weight is 278 g/mol. The summed E-state index contributed by atoms with van der Waals surface area (Å²) in [6.07, 6.45) is 5.04. The van der Waals surface area contributed by atoms with Crippen LogP contribution in [0, 0.1) is 12.8 Å². The Morgan fingerprint density at radius 3 is 2.84 bits per heavy atom. The third kappa shape index (κ3) is 3.18. The first-order chi connectivity index (χ1) is 9.24. The van der Waals surface area contributed by atoms with Gasteiger partial charge >= 0.3 is 0 Å². The zero-order chi connectivity index (χ0) is 13.2. The highest BCUT2D eigenvalue weighted by Gasteiger charge is 2.30. The van der Waals surface area contributed by atoms with E-state index >= 15 is 0 Å². The van der Waals surface area contributed by atoms with Crippen LogP contribution in [0.15, 0.2) is 11.4 Å². The van der Waals surface area contributed by atoms with Gasteiger partial charge in [0, 0.05) is 19.1 Å². The Morgan fingerprint density at radius 2 is 2.26 bits per heavy atom.